The molecule has 0 atom stereocenters. The minimum absolute atomic E-state index is 0.694. The van der Waals surface area contributed by atoms with Gasteiger partial charge in [0.25, 0.3) is 0 Å². The van der Waals surface area contributed by atoms with Crippen LogP contribution in [-0.2, 0) is 0 Å². The number of amides is 2. The number of ether oxygens (including phenoxy) is 1. The van der Waals surface area contributed by atoms with Crippen LogP contribution in [0.1, 0.15) is 11.1 Å². The molecule has 5 heteroatoms. The third-order valence-electron chi connectivity index (χ3n) is 2.59. The summed E-state index contributed by atoms with van der Waals surface area (Å²) in [7, 11) is 0. The normalized spacial score (nSPS) is 10.4. The Hall–Kier alpha value is -2.82. The highest BCUT2D eigenvalue weighted by Crippen LogP contribution is 2.24. The summed E-state index contributed by atoms with van der Waals surface area (Å²) < 4.78 is 5.77. The molecule has 2 aromatic rings. The van der Waals surface area contributed by atoms with E-state index in [-0.39, 0.29) is 0 Å². The zero-order valence-electron chi connectivity index (χ0n) is 11.0. The molecule has 102 valence electrons. The maximum absolute atomic E-state index is 10.5. The van der Waals surface area contributed by atoms with Crippen LogP contribution in [0.15, 0.2) is 53.6 Å². The molecule has 0 heterocycles. The zero-order valence-corrected chi connectivity index (χ0v) is 11.0. The summed E-state index contributed by atoms with van der Waals surface area (Å²) in [6.07, 6.45) is 1.50. The Labute approximate surface area is 117 Å². The third kappa shape index (κ3) is 3.84. The van der Waals surface area contributed by atoms with Gasteiger partial charge >= 0.3 is 6.03 Å². The molecule has 3 N–H and O–H groups in total. The number of hydrazone groups is 1. The van der Waals surface area contributed by atoms with Gasteiger partial charge in [0, 0.05) is 0 Å². The highest BCUT2D eigenvalue weighted by molar-refractivity contribution is 5.81. The predicted octanol–water partition coefficient (Wildman–Crippen LogP) is 2.79. The second-order valence-corrected chi connectivity index (χ2v) is 4.17. The molecule has 0 unspecified atom stereocenters. The summed E-state index contributed by atoms with van der Waals surface area (Å²) in [5.74, 6) is 1.56. The lowest BCUT2D eigenvalue weighted by molar-refractivity contribution is 0.249. The number of nitrogens with two attached hydrogens (primary N) is 1. The second-order valence-electron chi connectivity index (χ2n) is 4.17. The van der Waals surface area contributed by atoms with Crippen molar-refractivity contribution in [3.63, 3.8) is 0 Å². The lowest BCUT2D eigenvalue weighted by Crippen LogP contribution is -2.24. The van der Waals surface area contributed by atoms with Gasteiger partial charge in [-0.25, -0.2) is 10.2 Å². The fourth-order valence-corrected chi connectivity index (χ4v) is 1.59. The molecule has 0 fully saturated rings. The Morgan fingerprint density at radius 1 is 1.20 bits per heavy atom. The van der Waals surface area contributed by atoms with Crippen molar-refractivity contribution >= 4 is 12.2 Å². The molecule has 2 rings (SSSR count). The zero-order chi connectivity index (χ0) is 14.4. The van der Waals surface area contributed by atoms with Crippen molar-refractivity contribution in [2.75, 3.05) is 0 Å². The van der Waals surface area contributed by atoms with E-state index in [2.05, 4.69) is 10.5 Å². The molecule has 2 amide bonds. The lowest BCUT2D eigenvalue weighted by Gasteiger charge is -2.08. The molecule has 0 saturated carbocycles. The molecule has 0 saturated heterocycles. The van der Waals surface area contributed by atoms with Crippen LogP contribution in [0.2, 0.25) is 0 Å². The van der Waals surface area contributed by atoms with Crippen molar-refractivity contribution in [2.24, 2.45) is 10.8 Å². The number of para-hydroxylation sites is 1. The number of aryl methyl sites for hydroxylation is 1. The molecule has 20 heavy (non-hydrogen) atoms. The number of urea groups is 1. The molecule has 0 aliphatic heterocycles. The van der Waals surface area contributed by atoms with Gasteiger partial charge in [0.1, 0.15) is 11.5 Å². The van der Waals surface area contributed by atoms with E-state index in [1.54, 1.807) is 0 Å². The quantitative estimate of drug-likeness (QED) is 0.661. The third-order valence-corrected chi connectivity index (χ3v) is 2.59. The number of hydrogen-bond acceptors (Lipinski definition) is 3. The van der Waals surface area contributed by atoms with Crippen molar-refractivity contribution in [1.82, 2.24) is 5.43 Å². The second kappa shape index (κ2) is 6.38. The molecule has 0 spiro atoms. The largest absolute Gasteiger partial charge is 0.457 e. The number of carbonyl (C=O) groups is 1. The Morgan fingerprint density at radius 3 is 2.55 bits per heavy atom. The maximum Gasteiger partial charge on any atom is 0.332 e. The predicted molar refractivity (Wildman–Crippen MR) is 78.0 cm³/mol. The molecule has 0 aliphatic carbocycles. The van der Waals surface area contributed by atoms with Crippen molar-refractivity contribution < 1.29 is 9.53 Å². The van der Waals surface area contributed by atoms with E-state index in [9.17, 15) is 4.79 Å². The molecule has 5 nitrogen and oxygen atoms in total. The Balaban J connectivity index is 2.03. The van der Waals surface area contributed by atoms with Crippen LogP contribution in [0, 0.1) is 6.92 Å². The van der Waals surface area contributed by atoms with E-state index in [0.29, 0.717) is 0 Å². The van der Waals surface area contributed by atoms with E-state index in [0.717, 1.165) is 22.6 Å². The molecule has 0 bridgehead atoms. The first-order valence-corrected chi connectivity index (χ1v) is 6.07. The maximum atomic E-state index is 10.5. The van der Waals surface area contributed by atoms with Crippen LogP contribution in [0.5, 0.6) is 11.5 Å². The first kappa shape index (κ1) is 13.6. The average Bonchev–Trinajstić information content (AvgIpc) is 2.43. The topological polar surface area (TPSA) is 76.7 Å². The molecule has 2 aromatic carbocycles. The summed E-state index contributed by atoms with van der Waals surface area (Å²) in [4.78, 5) is 10.5. The number of rotatable bonds is 4. The van der Waals surface area contributed by atoms with Gasteiger partial charge in [-0.3, -0.25) is 0 Å². The smallest absolute Gasteiger partial charge is 0.332 e. The summed E-state index contributed by atoms with van der Waals surface area (Å²) in [6.45, 7) is 1.99. The van der Waals surface area contributed by atoms with E-state index in [1.807, 2.05) is 55.5 Å². The van der Waals surface area contributed by atoms with Gasteiger partial charge in [0.15, 0.2) is 0 Å². The van der Waals surface area contributed by atoms with Gasteiger partial charge in [0.05, 0.1) is 6.21 Å². The number of nitrogens with zero attached hydrogens (tertiary/aromatic N) is 1. The Bertz CT molecular complexity index is 621. The minimum Gasteiger partial charge on any atom is -0.457 e. The summed E-state index contributed by atoms with van der Waals surface area (Å²) >= 11 is 0. The fourth-order valence-electron chi connectivity index (χ4n) is 1.59. The summed E-state index contributed by atoms with van der Waals surface area (Å²) in [6, 6.07) is 14.4. The molecule has 0 aliphatic rings. The Morgan fingerprint density at radius 2 is 1.90 bits per heavy atom. The summed E-state index contributed by atoms with van der Waals surface area (Å²) in [5, 5.41) is 3.68. The highest BCUT2D eigenvalue weighted by atomic mass is 16.5. The van der Waals surface area contributed by atoms with E-state index < -0.39 is 6.03 Å². The first-order chi connectivity index (χ1) is 9.65. The number of carbonyl (C=O) groups excluding carboxylic acids is 1. The van der Waals surface area contributed by atoms with Crippen LogP contribution < -0.4 is 15.9 Å². The van der Waals surface area contributed by atoms with Crippen molar-refractivity contribution in [2.45, 2.75) is 6.92 Å². The van der Waals surface area contributed by atoms with Crippen molar-refractivity contribution in [1.29, 1.82) is 0 Å². The van der Waals surface area contributed by atoms with Crippen LogP contribution >= 0.6 is 0 Å². The highest BCUT2D eigenvalue weighted by Gasteiger charge is 2.00. The van der Waals surface area contributed by atoms with Gasteiger partial charge in [-0.05, 0) is 48.4 Å². The number of hydrogen-bond donors (Lipinski definition) is 2. The van der Waals surface area contributed by atoms with Crippen molar-refractivity contribution in [3.8, 4) is 11.5 Å². The van der Waals surface area contributed by atoms with Gasteiger partial charge in [-0.2, -0.15) is 5.10 Å². The van der Waals surface area contributed by atoms with Crippen LogP contribution in [-0.4, -0.2) is 12.2 Å². The van der Waals surface area contributed by atoms with Gasteiger partial charge in [-0.1, -0.05) is 18.2 Å². The number of primary amides is 1. The van der Waals surface area contributed by atoms with Gasteiger partial charge in [0.2, 0.25) is 0 Å². The minimum atomic E-state index is -0.694. The SMILES string of the molecule is Cc1ccccc1Oc1ccc(/C=N/NC(N)=O)cc1. The molecular formula is C15H15N3O2. The van der Waals surface area contributed by atoms with Crippen LogP contribution in [0.3, 0.4) is 0 Å². The Kier molecular flexibility index (Phi) is 4.34. The molecular weight excluding hydrogens is 254 g/mol. The lowest BCUT2D eigenvalue weighted by atomic mass is 10.2. The fraction of sp³-hybridized carbons (Fsp3) is 0.0667. The van der Waals surface area contributed by atoms with E-state index >= 15 is 0 Å². The van der Waals surface area contributed by atoms with Crippen molar-refractivity contribution in [3.05, 3.63) is 59.7 Å². The molecule has 0 aromatic heterocycles. The van der Waals surface area contributed by atoms with Gasteiger partial charge < -0.3 is 10.5 Å². The number of nitrogens with one attached hydrogen (secondary N) is 1. The monoisotopic (exact) mass is 269 g/mol. The van der Waals surface area contributed by atoms with E-state index in [1.165, 1.54) is 6.21 Å². The summed E-state index contributed by atoms with van der Waals surface area (Å²) in [5.41, 5.74) is 8.93. The number of benzene rings is 2. The van der Waals surface area contributed by atoms with Gasteiger partial charge in [-0.15, -0.1) is 0 Å². The average molecular weight is 269 g/mol. The van der Waals surface area contributed by atoms with E-state index in [4.69, 9.17) is 10.5 Å². The standard InChI is InChI=1S/C15H15N3O2/c1-11-4-2-3-5-14(11)20-13-8-6-12(7-9-13)10-17-18-15(16)19/h2-10H,1H3,(H3,16,18,19)/b17-10+. The van der Waals surface area contributed by atoms with Crippen LogP contribution in [0.4, 0.5) is 4.79 Å². The molecule has 0 radical (unpaired) electrons. The van der Waals surface area contributed by atoms with Crippen LogP contribution in [0.25, 0.3) is 0 Å². The first-order valence-electron chi connectivity index (χ1n) is 6.07.